The standard InChI is InChI=1S/C18H19N3O5S/c1-12-4-10-15(11-5-12)27(25,26)20-16(17(20)18(22)19(2)3)13-6-8-14(9-7-13)21(23)24/h4-11,16-17H,1-3H3/t16-,17-,20?/m1/s1. The van der Waals surface area contributed by atoms with Crippen molar-refractivity contribution in [3.05, 3.63) is 69.8 Å². The van der Waals surface area contributed by atoms with E-state index in [1.165, 1.54) is 41.3 Å². The Balaban J connectivity index is 1.99. The normalized spacial score (nSPS) is 21.5. The molecule has 1 fully saturated rings. The highest BCUT2D eigenvalue weighted by Crippen LogP contribution is 2.48. The maximum Gasteiger partial charge on any atom is 0.269 e. The van der Waals surface area contributed by atoms with Crippen LogP contribution in [0.1, 0.15) is 17.2 Å². The Hall–Kier alpha value is -2.78. The van der Waals surface area contributed by atoms with Gasteiger partial charge < -0.3 is 4.90 Å². The summed E-state index contributed by atoms with van der Waals surface area (Å²) in [5.41, 5.74) is 1.37. The van der Waals surface area contributed by atoms with Crippen molar-refractivity contribution in [2.75, 3.05) is 14.1 Å². The molecular formula is C18H19N3O5S. The highest BCUT2D eigenvalue weighted by molar-refractivity contribution is 7.89. The van der Waals surface area contributed by atoms with Crippen molar-refractivity contribution in [1.82, 2.24) is 9.21 Å². The maximum absolute atomic E-state index is 13.0. The fraction of sp³-hybridized carbons (Fsp3) is 0.278. The van der Waals surface area contributed by atoms with Crippen LogP contribution in [0.2, 0.25) is 0 Å². The molecule has 3 atom stereocenters. The van der Waals surface area contributed by atoms with Crippen LogP contribution in [-0.4, -0.2) is 48.6 Å². The molecule has 2 aromatic carbocycles. The van der Waals surface area contributed by atoms with Crippen LogP contribution in [0, 0.1) is 17.0 Å². The third-order valence-electron chi connectivity index (χ3n) is 4.49. The molecule has 0 aromatic heterocycles. The van der Waals surface area contributed by atoms with Crippen molar-refractivity contribution >= 4 is 21.6 Å². The van der Waals surface area contributed by atoms with E-state index in [-0.39, 0.29) is 16.5 Å². The summed E-state index contributed by atoms with van der Waals surface area (Å²) in [5.74, 6) is -0.339. The summed E-state index contributed by atoms with van der Waals surface area (Å²) in [7, 11) is -0.763. The summed E-state index contributed by atoms with van der Waals surface area (Å²) in [5, 5.41) is 10.8. The average molecular weight is 389 g/mol. The van der Waals surface area contributed by atoms with E-state index in [0.29, 0.717) is 5.56 Å². The van der Waals surface area contributed by atoms with Gasteiger partial charge in [0.2, 0.25) is 15.9 Å². The van der Waals surface area contributed by atoms with Crippen LogP contribution in [0.4, 0.5) is 5.69 Å². The number of rotatable bonds is 5. The van der Waals surface area contributed by atoms with E-state index in [4.69, 9.17) is 0 Å². The first kappa shape index (κ1) is 19.0. The van der Waals surface area contributed by atoms with Crippen LogP contribution < -0.4 is 0 Å². The molecule has 0 bridgehead atoms. The third kappa shape index (κ3) is 3.43. The highest BCUT2D eigenvalue weighted by Gasteiger charge is 2.60. The number of nitro benzene ring substituents is 1. The van der Waals surface area contributed by atoms with E-state index >= 15 is 0 Å². The molecule has 1 saturated heterocycles. The van der Waals surface area contributed by atoms with Gasteiger partial charge in [0.1, 0.15) is 6.04 Å². The monoisotopic (exact) mass is 389 g/mol. The van der Waals surface area contributed by atoms with Crippen LogP contribution in [0.15, 0.2) is 53.4 Å². The number of carbonyl (C=O) groups excluding carboxylic acids is 1. The van der Waals surface area contributed by atoms with Gasteiger partial charge >= 0.3 is 0 Å². The third-order valence-corrected chi connectivity index (χ3v) is 6.37. The number of nitrogens with zero attached hydrogens (tertiary/aromatic N) is 3. The zero-order valence-corrected chi connectivity index (χ0v) is 15.9. The topological polar surface area (TPSA) is 101 Å². The fourth-order valence-electron chi connectivity index (χ4n) is 2.97. The van der Waals surface area contributed by atoms with E-state index < -0.39 is 27.0 Å². The van der Waals surface area contributed by atoms with Crippen molar-refractivity contribution in [1.29, 1.82) is 0 Å². The predicted molar refractivity (Wildman–Crippen MR) is 98.5 cm³/mol. The van der Waals surface area contributed by atoms with E-state index in [1.54, 1.807) is 26.2 Å². The van der Waals surface area contributed by atoms with E-state index in [1.807, 2.05) is 6.92 Å². The molecule has 3 rings (SSSR count). The molecule has 1 aliphatic heterocycles. The Morgan fingerprint density at radius 3 is 2.11 bits per heavy atom. The molecule has 8 nitrogen and oxygen atoms in total. The van der Waals surface area contributed by atoms with Crippen LogP contribution in [0.5, 0.6) is 0 Å². The van der Waals surface area contributed by atoms with Gasteiger partial charge in [-0.1, -0.05) is 29.8 Å². The van der Waals surface area contributed by atoms with Gasteiger partial charge in [-0.15, -0.1) is 0 Å². The molecule has 0 N–H and O–H groups in total. The molecule has 0 aliphatic carbocycles. The number of hydrogen-bond donors (Lipinski definition) is 0. The number of benzene rings is 2. The van der Waals surface area contributed by atoms with Gasteiger partial charge in [0.25, 0.3) is 5.69 Å². The molecular weight excluding hydrogens is 370 g/mol. The lowest BCUT2D eigenvalue weighted by Crippen LogP contribution is -2.30. The second-order valence-corrected chi connectivity index (χ2v) is 8.46. The zero-order chi connectivity index (χ0) is 19.9. The Morgan fingerprint density at radius 1 is 1.07 bits per heavy atom. The molecule has 1 heterocycles. The lowest BCUT2D eigenvalue weighted by Gasteiger charge is -2.10. The minimum Gasteiger partial charge on any atom is -0.347 e. The number of sulfonamides is 1. The highest BCUT2D eigenvalue weighted by atomic mass is 32.2. The van der Waals surface area contributed by atoms with E-state index in [9.17, 15) is 23.3 Å². The lowest BCUT2D eigenvalue weighted by atomic mass is 10.1. The Kier molecular flexibility index (Phi) is 4.75. The molecule has 27 heavy (non-hydrogen) atoms. The molecule has 0 radical (unpaired) electrons. The van der Waals surface area contributed by atoms with Crippen molar-refractivity contribution in [3.8, 4) is 0 Å². The van der Waals surface area contributed by atoms with Crippen LogP contribution >= 0.6 is 0 Å². The quantitative estimate of drug-likeness (QED) is 0.443. The van der Waals surface area contributed by atoms with Gasteiger partial charge in [-0.05, 0) is 24.6 Å². The minimum absolute atomic E-state index is 0.0946. The molecule has 1 amide bonds. The number of hydrogen-bond acceptors (Lipinski definition) is 5. The lowest BCUT2D eigenvalue weighted by molar-refractivity contribution is -0.384. The number of likely N-dealkylation sites (N-methyl/N-ethyl adjacent to an activating group) is 1. The van der Waals surface area contributed by atoms with Crippen molar-refractivity contribution < 1.29 is 18.1 Å². The minimum atomic E-state index is -3.88. The van der Waals surface area contributed by atoms with Crippen LogP contribution in [-0.2, 0) is 14.8 Å². The van der Waals surface area contributed by atoms with E-state index in [0.717, 1.165) is 9.87 Å². The first-order chi connectivity index (χ1) is 12.6. The second kappa shape index (κ2) is 6.75. The van der Waals surface area contributed by atoms with Gasteiger partial charge in [0.05, 0.1) is 15.9 Å². The summed E-state index contributed by atoms with van der Waals surface area (Å²) in [4.78, 5) is 24.3. The molecule has 1 aliphatic rings. The van der Waals surface area contributed by atoms with Gasteiger partial charge in [-0.25, -0.2) is 8.42 Å². The Labute approximate surface area is 157 Å². The summed E-state index contributed by atoms with van der Waals surface area (Å²) < 4.78 is 27.3. The largest absolute Gasteiger partial charge is 0.347 e. The van der Waals surface area contributed by atoms with Gasteiger partial charge in [0, 0.05) is 26.2 Å². The SMILES string of the molecule is Cc1ccc(S(=O)(=O)N2[C@H](c3ccc([N+](=O)[O-])cc3)[C@@H]2C(=O)N(C)C)cc1. The van der Waals surface area contributed by atoms with Gasteiger partial charge in [0.15, 0.2) is 0 Å². The summed E-state index contributed by atoms with van der Waals surface area (Å²) >= 11 is 0. The maximum atomic E-state index is 13.0. The first-order valence-electron chi connectivity index (χ1n) is 8.20. The summed E-state index contributed by atoms with van der Waals surface area (Å²) in [6.07, 6.45) is 0. The van der Waals surface area contributed by atoms with Crippen molar-refractivity contribution in [2.45, 2.75) is 23.9 Å². The number of non-ortho nitro benzene ring substituents is 1. The van der Waals surface area contributed by atoms with Crippen molar-refractivity contribution in [2.24, 2.45) is 0 Å². The number of carbonyl (C=O) groups is 1. The number of aryl methyl sites for hydroxylation is 1. The smallest absolute Gasteiger partial charge is 0.269 e. The van der Waals surface area contributed by atoms with Crippen LogP contribution in [0.3, 0.4) is 0 Å². The Morgan fingerprint density at radius 2 is 1.63 bits per heavy atom. The Bertz CT molecular complexity index is 985. The number of nitro groups is 1. The first-order valence-corrected chi connectivity index (χ1v) is 9.64. The number of amides is 1. The molecule has 1 unspecified atom stereocenters. The zero-order valence-electron chi connectivity index (χ0n) is 15.1. The van der Waals surface area contributed by atoms with Gasteiger partial charge in [-0.2, -0.15) is 4.31 Å². The molecule has 2 aromatic rings. The predicted octanol–water partition coefficient (Wildman–Crippen LogP) is 2.11. The molecule has 9 heteroatoms. The van der Waals surface area contributed by atoms with E-state index in [2.05, 4.69) is 0 Å². The average Bonchev–Trinajstić information content (AvgIpc) is 3.37. The molecule has 142 valence electrons. The summed E-state index contributed by atoms with van der Waals surface area (Å²) in [6, 6.07) is 10.4. The van der Waals surface area contributed by atoms with Crippen LogP contribution in [0.25, 0.3) is 0 Å². The fourth-order valence-corrected chi connectivity index (χ4v) is 4.68. The van der Waals surface area contributed by atoms with Crippen molar-refractivity contribution in [3.63, 3.8) is 0 Å². The molecule has 0 saturated carbocycles. The summed E-state index contributed by atoms with van der Waals surface area (Å²) in [6.45, 7) is 1.85. The second-order valence-electron chi connectivity index (χ2n) is 6.62. The molecule has 0 spiro atoms. The van der Waals surface area contributed by atoms with Gasteiger partial charge in [-0.3, -0.25) is 14.9 Å².